The molecule has 2 amide bonds. The first-order valence-electron chi connectivity index (χ1n) is 7.29. The molecular weight excluding hydrogens is 310 g/mol. The molecule has 2 rings (SSSR count). The predicted molar refractivity (Wildman–Crippen MR) is 86.4 cm³/mol. The third-order valence-corrected chi connectivity index (χ3v) is 3.19. The van der Waals surface area contributed by atoms with Gasteiger partial charge in [0.05, 0.1) is 6.42 Å². The number of imide groups is 1. The minimum absolute atomic E-state index is 0.0292. The normalized spacial score (nSPS) is 10.0. The Kier molecular flexibility index (Phi) is 5.68. The lowest BCUT2D eigenvalue weighted by Gasteiger charge is -2.07. The molecule has 0 aliphatic heterocycles. The van der Waals surface area contributed by atoms with Crippen LogP contribution in [0.4, 0.5) is 0 Å². The molecule has 0 spiro atoms. The van der Waals surface area contributed by atoms with Crippen LogP contribution in [0.3, 0.4) is 0 Å². The minimum Gasteiger partial charge on any atom is -0.507 e. The summed E-state index contributed by atoms with van der Waals surface area (Å²) in [6, 6.07) is 13.4. The van der Waals surface area contributed by atoms with Crippen molar-refractivity contribution >= 4 is 17.8 Å². The van der Waals surface area contributed by atoms with Gasteiger partial charge in [-0.3, -0.25) is 14.9 Å². The van der Waals surface area contributed by atoms with Crippen molar-refractivity contribution in [3.8, 4) is 5.75 Å². The number of carbonyl (C=O) groups excluding carboxylic acids is 3. The van der Waals surface area contributed by atoms with Crippen LogP contribution in [-0.2, 0) is 20.7 Å². The van der Waals surface area contributed by atoms with Gasteiger partial charge >= 0.3 is 5.97 Å². The van der Waals surface area contributed by atoms with Crippen molar-refractivity contribution in [2.45, 2.75) is 13.3 Å². The molecule has 2 N–H and O–H groups in total. The van der Waals surface area contributed by atoms with Crippen LogP contribution in [0, 0.1) is 6.92 Å². The van der Waals surface area contributed by atoms with E-state index in [1.54, 1.807) is 37.3 Å². The summed E-state index contributed by atoms with van der Waals surface area (Å²) in [5.41, 5.74) is 1.50. The molecule has 0 saturated heterocycles. The summed E-state index contributed by atoms with van der Waals surface area (Å²) < 4.78 is 4.81. The number of rotatable bonds is 5. The summed E-state index contributed by atoms with van der Waals surface area (Å²) in [6.45, 7) is 1.15. The summed E-state index contributed by atoms with van der Waals surface area (Å²) in [5.74, 6) is -2.27. The van der Waals surface area contributed by atoms with E-state index < -0.39 is 24.4 Å². The molecule has 0 aromatic heterocycles. The van der Waals surface area contributed by atoms with Crippen LogP contribution in [0.2, 0.25) is 0 Å². The van der Waals surface area contributed by atoms with Gasteiger partial charge in [-0.1, -0.05) is 42.0 Å². The summed E-state index contributed by atoms with van der Waals surface area (Å²) in [5, 5.41) is 11.8. The Hall–Kier alpha value is -3.15. The zero-order valence-electron chi connectivity index (χ0n) is 13.1. The Labute approximate surface area is 139 Å². The molecule has 24 heavy (non-hydrogen) atoms. The Morgan fingerprint density at radius 1 is 1.04 bits per heavy atom. The minimum atomic E-state index is -0.832. The van der Waals surface area contributed by atoms with Crippen LogP contribution in [0.5, 0.6) is 5.75 Å². The molecule has 6 nitrogen and oxygen atoms in total. The van der Waals surface area contributed by atoms with E-state index in [1.807, 2.05) is 6.07 Å². The molecule has 0 unspecified atom stereocenters. The lowest BCUT2D eigenvalue weighted by atomic mass is 10.1. The molecule has 0 saturated carbocycles. The van der Waals surface area contributed by atoms with Gasteiger partial charge in [0, 0.05) is 0 Å². The largest absolute Gasteiger partial charge is 0.507 e. The molecule has 124 valence electrons. The van der Waals surface area contributed by atoms with Crippen LogP contribution in [0.25, 0.3) is 0 Å². The Bertz CT molecular complexity index is 755. The molecule has 0 radical (unpaired) electrons. The lowest BCUT2D eigenvalue weighted by Crippen LogP contribution is -2.35. The second-order valence-electron chi connectivity index (χ2n) is 5.23. The summed E-state index contributed by atoms with van der Waals surface area (Å²) in [7, 11) is 0. The van der Waals surface area contributed by atoms with Crippen LogP contribution in [0.15, 0.2) is 48.5 Å². The Morgan fingerprint density at radius 3 is 2.46 bits per heavy atom. The smallest absolute Gasteiger partial charge is 0.342 e. The molecule has 0 atom stereocenters. The summed E-state index contributed by atoms with van der Waals surface area (Å²) in [4.78, 5) is 35.2. The number of esters is 1. The van der Waals surface area contributed by atoms with E-state index in [4.69, 9.17) is 4.74 Å². The number of aryl methyl sites for hydroxylation is 1. The van der Waals surface area contributed by atoms with E-state index in [9.17, 15) is 19.5 Å². The van der Waals surface area contributed by atoms with Gasteiger partial charge in [-0.15, -0.1) is 0 Å². The Balaban J connectivity index is 1.83. The van der Waals surface area contributed by atoms with Crippen molar-refractivity contribution in [1.29, 1.82) is 0 Å². The van der Waals surface area contributed by atoms with Gasteiger partial charge in [-0.05, 0) is 24.6 Å². The fraction of sp³-hybridized carbons (Fsp3) is 0.167. The lowest BCUT2D eigenvalue weighted by molar-refractivity contribution is -0.132. The summed E-state index contributed by atoms with van der Waals surface area (Å²) >= 11 is 0. The highest BCUT2D eigenvalue weighted by molar-refractivity contribution is 5.98. The maximum atomic E-state index is 11.9. The van der Waals surface area contributed by atoms with Crippen LogP contribution in [-0.4, -0.2) is 29.5 Å². The van der Waals surface area contributed by atoms with Crippen LogP contribution in [0.1, 0.15) is 21.5 Å². The molecule has 0 bridgehead atoms. The van der Waals surface area contributed by atoms with E-state index in [2.05, 4.69) is 5.32 Å². The number of hydrogen-bond acceptors (Lipinski definition) is 5. The number of aromatic hydroxyl groups is 1. The van der Waals surface area contributed by atoms with E-state index in [0.29, 0.717) is 0 Å². The second kappa shape index (κ2) is 7.92. The van der Waals surface area contributed by atoms with Gasteiger partial charge in [0.15, 0.2) is 6.61 Å². The molecule has 0 aliphatic carbocycles. The molecule has 6 heteroatoms. The first kappa shape index (κ1) is 17.2. The predicted octanol–water partition coefficient (Wildman–Crippen LogP) is 1.74. The number of nitrogens with one attached hydrogen (secondary N) is 1. The zero-order valence-corrected chi connectivity index (χ0v) is 13.1. The number of amides is 2. The monoisotopic (exact) mass is 327 g/mol. The molecule has 2 aromatic carbocycles. The molecule has 0 fully saturated rings. The number of carbonyl (C=O) groups is 3. The third kappa shape index (κ3) is 4.95. The maximum absolute atomic E-state index is 11.9. The van der Waals surface area contributed by atoms with Gasteiger partial charge in [-0.2, -0.15) is 0 Å². The molecule has 2 aromatic rings. The van der Waals surface area contributed by atoms with Crippen LogP contribution >= 0.6 is 0 Å². The highest BCUT2D eigenvalue weighted by Gasteiger charge is 2.16. The van der Waals surface area contributed by atoms with Gasteiger partial charge in [0.2, 0.25) is 5.91 Å². The van der Waals surface area contributed by atoms with E-state index in [0.717, 1.165) is 11.1 Å². The van der Waals surface area contributed by atoms with Gasteiger partial charge in [-0.25, -0.2) is 4.79 Å². The maximum Gasteiger partial charge on any atom is 0.342 e. The SMILES string of the molecule is Cc1ccc(O)c(C(=O)OCC(=O)NC(=O)Cc2ccccc2)c1. The van der Waals surface area contributed by atoms with Gasteiger partial charge in [0.1, 0.15) is 11.3 Å². The van der Waals surface area contributed by atoms with Crippen molar-refractivity contribution in [3.63, 3.8) is 0 Å². The number of hydrogen-bond donors (Lipinski definition) is 2. The molecule has 0 aliphatic rings. The second-order valence-corrected chi connectivity index (χ2v) is 5.23. The standard InChI is InChI=1S/C18H17NO5/c1-12-7-8-15(20)14(9-12)18(23)24-11-17(22)19-16(21)10-13-5-3-2-4-6-13/h2-9,20H,10-11H2,1H3,(H,19,21,22). The van der Waals surface area contributed by atoms with E-state index >= 15 is 0 Å². The Morgan fingerprint density at radius 2 is 1.75 bits per heavy atom. The third-order valence-electron chi connectivity index (χ3n) is 3.19. The first-order chi connectivity index (χ1) is 11.5. The summed E-state index contributed by atoms with van der Waals surface area (Å²) in [6.07, 6.45) is 0.0548. The average Bonchev–Trinajstić information content (AvgIpc) is 2.55. The fourth-order valence-corrected chi connectivity index (χ4v) is 2.04. The quantitative estimate of drug-likeness (QED) is 0.816. The van der Waals surface area contributed by atoms with Gasteiger partial charge in [0.25, 0.3) is 5.91 Å². The molecular formula is C18H17NO5. The highest BCUT2D eigenvalue weighted by atomic mass is 16.5. The van der Waals surface area contributed by atoms with Crippen molar-refractivity contribution in [1.82, 2.24) is 5.32 Å². The molecule has 0 heterocycles. The fourth-order valence-electron chi connectivity index (χ4n) is 2.04. The van der Waals surface area contributed by atoms with Crippen molar-refractivity contribution in [3.05, 3.63) is 65.2 Å². The number of ether oxygens (including phenoxy) is 1. The van der Waals surface area contributed by atoms with E-state index in [1.165, 1.54) is 12.1 Å². The van der Waals surface area contributed by atoms with Crippen molar-refractivity contribution in [2.75, 3.05) is 6.61 Å². The van der Waals surface area contributed by atoms with Crippen molar-refractivity contribution in [2.24, 2.45) is 0 Å². The highest BCUT2D eigenvalue weighted by Crippen LogP contribution is 2.18. The number of phenols is 1. The van der Waals surface area contributed by atoms with Crippen LogP contribution < -0.4 is 5.32 Å². The first-order valence-corrected chi connectivity index (χ1v) is 7.29. The number of phenolic OH excluding ortho intramolecular Hbond substituents is 1. The number of benzene rings is 2. The van der Waals surface area contributed by atoms with E-state index in [-0.39, 0.29) is 17.7 Å². The van der Waals surface area contributed by atoms with Gasteiger partial charge < -0.3 is 9.84 Å². The van der Waals surface area contributed by atoms with Crippen molar-refractivity contribution < 1.29 is 24.2 Å². The topological polar surface area (TPSA) is 92.7 Å². The zero-order chi connectivity index (χ0) is 17.5. The average molecular weight is 327 g/mol.